The van der Waals surface area contributed by atoms with Crippen molar-refractivity contribution in [2.24, 2.45) is 11.8 Å². The van der Waals surface area contributed by atoms with Gasteiger partial charge in [-0.2, -0.15) is 0 Å². The maximum Gasteiger partial charge on any atom is 0.429 e. The van der Waals surface area contributed by atoms with Crippen LogP contribution in [0.25, 0.3) is 0 Å². The van der Waals surface area contributed by atoms with Crippen molar-refractivity contribution in [2.45, 2.75) is 32.5 Å². The molecule has 2 amide bonds. The SMILES string of the molecule is CC1=C[C@@H]2[C@@H]1[C@H]1[C@H](C)C(=O)N1N2C(=O)OCc1ccc([N+](=O)[O-])cc1. The fraction of sp³-hybridized carbons (Fsp3) is 0.412. The third-order valence-corrected chi connectivity index (χ3v) is 5.32. The molecule has 0 unspecified atom stereocenters. The monoisotopic (exact) mass is 343 g/mol. The van der Waals surface area contributed by atoms with Crippen LogP contribution in [0.1, 0.15) is 19.4 Å². The molecule has 130 valence electrons. The number of fused-ring (bicyclic) bond motifs is 3. The second kappa shape index (κ2) is 5.30. The molecule has 0 aromatic heterocycles. The first kappa shape index (κ1) is 15.6. The number of rotatable bonds is 3. The molecule has 8 nitrogen and oxygen atoms in total. The first-order valence-corrected chi connectivity index (χ1v) is 8.11. The molecular weight excluding hydrogens is 326 g/mol. The summed E-state index contributed by atoms with van der Waals surface area (Å²) in [5, 5.41) is 13.6. The second-order valence-electron chi connectivity index (χ2n) is 6.71. The largest absolute Gasteiger partial charge is 0.443 e. The van der Waals surface area contributed by atoms with E-state index in [-0.39, 0.29) is 42.1 Å². The summed E-state index contributed by atoms with van der Waals surface area (Å²) in [6.45, 7) is 3.90. The summed E-state index contributed by atoms with van der Waals surface area (Å²) in [7, 11) is 0. The van der Waals surface area contributed by atoms with E-state index in [1.165, 1.54) is 27.7 Å². The van der Waals surface area contributed by atoms with Crippen molar-refractivity contribution in [3.8, 4) is 0 Å². The Morgan fingerprint density at radius 1 is 1.32 bits per heavy atom. The van der Waals surface area contributed by atoms with Crippen molar-refractivity contribution < 1.29 is 19.2 Å². The molecule has 0 spiro atoms. The maximum atomic E-state index is 12.5. The molecule has 3 aliphatic rings. The minimum atomic E-state index is -0.570. The lowest BCUT2D eigenvalue weighted by atomic mass is 9.71. The van der Waals surface area contributed by atoms with Crippen LogP contribution in [0.4, 0.5) is 10.5 Å². The van der Waals surface area contributed by atoms with Crippen LogP contribution in [-0.2, 0) is 16.1 Å². The topological polar surface area (TPSA) is 93.0 Å². The van der Waals surface area contributed by atoms with Crippen LogP contribution < -0.4 is 0 Å². The minimum Gasteiger partial charge on any atom is -0.443 e. The molecule has 1 aliphatic carbocycles. The lowest BCUT2D eigenvalue weighted by Gasteiger charge is -2.44. The zero-order valence-electron chi connectivity index (χ0n) is 13.8. The van der Waals surface area contributed by atoms with Crippen molar-refractivity contribution in [3.63, 3.8) is 0 Å². The van der Waals surface area contributed by atoms with Gasteiger partial charge in [0.2, 0.25) is 5.91 Å². The Labute approximate surface area is 143 Å². The van der Waals surface area contributed by atoms with E-state index in [0.717, 1.165) is 0 Å². The molecule has 0 radical (unpaired) electrons. The smallest absolute Gasteiger partial charge is 0.429 e. The number of benzene rings is 1. The average molecular weight is 343 g/mol. The third-order valence-electron chi connectivity index (χ3n) is 5.32. The van der Waals surface area contributed by atoms with Gasteiger partial charge in [-0.1, -0.05) is 18.6 Å². The van der Waals surface area contributed by atoms with E-state index >= 15 is 0 Å². The number of carbonyl (C=O) groups excluding carboxylic acids is 2. The molecule has 0 N–H and O–H groups in total. The predicted molar refractivity (Wildman–Crippen MR) is 86.0 cm³/mol. The second-order valence-corrected chi connectivity index (χ2v) is 6.71. The van der Waals surface area contributed by atoms with Crippen molar-refractivity contribution in [2.75, 3.05) is 0 Å². The quantitative estimate of drug-likeness (QED) is 0.363. The maximum absolute atomic E-state index is 12.5. The Hall–Kier alpha value is -2.90. The van der Waals surface area contributed by atoms with Gasteiger partial charge in [-0.25, -0.2) is 14.8 Å². The Kier molecular flexibility index (Phi) is 3.31. The molecule has 4 rings (SSSR count). The van der Waals surface area contributed by atoms with Gasteiger partial charge in [-0.05, 0) is 24.6 Å². The average Bonchev–Trinajstić information content (AvgIpc) is 2.86. The van der Waals surface area contributed by atoms with Gasteiger partial charge in [-0.15, -0.1) is 0 Å². The summed E-state index contributed by atoms with van der Waals surface area (Å²) in [5.74, 6) is 0.0520. The molecule has 4 atom stereocenters. The zero-order chi connectivity index (χ0) is 17.9. The van der Waals surface area contributed by atoms with Gasteiger partial charge >= 0.3 is 6.09 Å². The normalized spacial score (nSPS) is 29.2. The van der Waals surface area contributed by atoms with E-state index in [1.807, 2.05) is 19.9 Å². The van der Waals surface area contributed by atoms with E-state index in [1.54, 1.807) is 12.1 Å². The van der Waals surface area contributed by atoms with Crippen molar-refractivity contribution in [1.29, 1.82) is 0 Å². The van der Waals surface area contributed by atoms with Crippen LogP contribution >= 0.6 is 0 Å². The molecule has 0 bridgehead atoms. The Morgan fingerprint density at radius 2 is 2.00 bits per heavy atom. The molecule has 0 saturated carbocycles. The fourth-order valence-corrected chi connectivity index (χ4v) is 3.95. The van der Waals surface area contributed by atoms with Gasteiger partial charge < -0.3 is 4.74 Å². The molecular formula is C17H17N3O5. The van der Waals surface area contributed by atoms with E-state index in [2.05, 4.69) is 0 Å². The number of nitro groups is 1. The minimum absolute atomic E-state index is 0.00430. The van der Waals surface area contributed by atoms with Gasteiger partial charge in [0.25, 0.3) is 5.69 Å². The van der Waals surface area contributed by atoms with Crippen molar-refractivity contribution in [1.82, 2.24) is 10.0 Å². The van der Waals surface area contributed by atoms with E-state index < -0.39 is 11.0 Å². The molecule has 2 fully saturated rings. The van der Waals surface area contributed by atoms with Crippen LogP contribution in [0.5, 0.6) is 0 Å². The van der Waals surface area contributed by atoms with Gasteiger partial charge in [0.15, 0.2) is 0 Å². The van der Waals surface area contributed by atoms with Crippen molar-refractivity contribution in [3.05, 3.63) is 51.6 Å². The standard InChI is InChI=1S/C17H17N3O5/c1-9-7-13-14(9)15-10(2)16(21)19(15)18(13)17(22)25-8-11-3-5-12(6-4-11)20(23)24/h3-7,10,13-15H,8H2,1-2H3/t10-,13+,14+,15+/m0/s1. The Bertz CT molecular complexity index is 803. The summed E-state index contributed by atoms with van der Waals surface area (Å²) in [5.41, 5.74) is 1.83. The number of ether oxygens (including phenoxy) is 1. The molecule has 25 heavy (non-hydrogen) atoms. The summed E-state index contributed by atoms with van der Waals surface area (Å²) >= 11 is 0. The van der Waals surface area contributed by atoms with E-state index in [4.69, 9.17) is 4.74 Å². The van der Waals surface area contributed by atoms with Crippen molar-refractivity contribution >= 4 is 17.7 Å². The number of hydrogen-bond acceptors (Lipinski definition) is 5. The van der Waals surface area contributed by atoms with Crippen LogP contribution in [-0.4, -0.2) is 39.0 Å². The third kappa shape index (κ3) is 2.13. The number of hydrazine groups is 1. The van der Waals surface area contributed by atoms with Gasteiger partial charge in [0, 0.05) is 18.1 Å². The van der Waals surface area contributed by atoms with Gasteiger partial charge in [0.1, 0.15) is 6.61 Å². The number of nitrogens with zero attached hydrogens (tertiary/aromatic N) is 3. The molecule has 1 aromatic carbocycles. The number of amides is 2. The Balaban J connectivity index is 1.44. The highest BCUT2D eigenvalue weighted by molar-refractivity contribution is 5.89. The summed E-state index contributed by atoms with van der Waals surface area (Å²) in [4.78, 5) is 34.8. The first-order valence-electron chi connectivity index (χ1n) is 8.11. The molecule has 2 aliphatic heterocycles. The molecule has 2 saturated heterocycles. The number of hydrogen-bond donors (Lipinski definition) is 0. The van der Waals surface area contributed by atoms with Crippen LogP contribution in [0.3, 0.4) is 0 Å². The molecule has 2 heterocycles. The van der Waals surface area contributed by atoms with E-state index in [9.17, 15) is 19.7 Å². The van der Waals surface area contributed by atoms with Crippen LogP contribution in [0.15, 0.2) is 35.9 Å². The lowest BCUT2D eigenvalue weighted by molar-refractivity contribution is -0.384. The van der Waals surface area contributed by atoms with Gasteiger partial charge in [0.05, 0.1) is 22.9 Å². The number of nitro benzene ring substituents is 1. The highest BCUT2D eigenvalue weighted by Crippen LogP contribution is 2.51. The molecule has 1 aromatic rings. The Morgan fingerprint density at radius 3 is 2.60 bits per heavy atom. The fourth-order valence-electron chi connectivity index (χ4n) is 3.95. The van der Waals surface area contributed by atoms with E-state index in [0.29, 0.717) is 5.56 Å². The summed E-state index contributed by atoms with van der Waals surface area (Å²) in [6, 6.07) is 5.74. The van der Waals surface area contributed by atoms with Crippen LogP contribution in [0.2, 0.25) is 0 Å². The number of non-ortho nitro benzene ring substituents is 1. The number of β-lactam (4-membered cyclic amide) rings is 1. The first-order chi connectivity index (χ1) is 11.9. The highest BCUT2D eigenvalue weighted by atomic mass is 16.6. The predicted octanol–water partition coefficient (Wildman–Crippen LogP) is 2.25. The summed E-state index contributed by atoms with van der Waals surface area (Å²) in [6.07, 6.45) is 1.41. The lowest BCUT2D eigenvalue weighted by Crippen LogP contribution is -2.63. The molecule has 8 heteroatoms. The highest BCUT2D eigenvalue weighted by Gasteiger charge is 2.64. The van der Waals surface area contributed by atoms with Gasteiger partial charge in [-0.3, -0.25) is 14.9 Å². The summed E-state index contributed by atoms with van der Waals surface area (Å²) < 4.78 is 5.33. The van der Waals surface area contributed by atoms with Crippen LogP contribution in [0, 0.1) is 22.0 Å². The zero-order valence-corrected chi connectivity index (χ0v) is 13.8. The number of carbonyl (C=O) groups is 2.